The molecule has 0 heterocycles. The zero-order chi connectivity index (χ0) is 23.3. The van der Waals surface area contributed by atoms with Crippen molar-refractivity contribution in [2.45, 2.75) is 37.0 Å². The van der Waals surface area contributed by atoms with Crippen LogP contribution in [-0.2, 0) is 19.2 Å². The summed E-state index contributed by atoms with van der Waals surface area (Å²) in [5.41, 5.74) is 16.0. The molecule has 0 saturated heterocycles. The molecule has 0 saturated carbocycles. The molecular weight excluding hydrogens is 422 g/mol. The van der Waals surface area contributed by atoms with E-state index in [0.717, 1.165) is 0 Å². The Balaban J connectivity index is 5.18. The van der Waals surface area contributed by atoms with Crippen molar-refractivity contribution in [3.63, 3.8) is 0 Å². The number of nitrogens with one attached hydrogen (secondary N) is 3. The van der Waals surface area contributed by atoms with Gasteiger partial charge in [-0.3, -0.25) is 19.4 Å². The van der Waals surface area contributed by atoms with Gasteiger partial charge < -0.3 is 48.5 Å². The molecule has 0 spiro atoms. The highest BCUT2D eigenvalue weighted by Crippen LogP contribution is 2.01. The van der Waals surface area contributed by atoms with Gasteiger partial charge in [0.25, 0.3) is 0 Å². The Morgan fingerprint density at radius 3 is 1.87 bits per heavy atom. The second-order valence-corrected chi connectivity index (χ2v) is 6.49. The highest BCUT2D eigenvalue weighted by atomic mass is 32.1. The Labute approximate surface area is 178 Å². The first kappa shape index (κ1) is 27.4. The number of hydrogen-bond donors (Lipinski definition) is 10. The number of carboxylic acid groups (broad SMARTS) is 1. The van der Waals surface area contributed by atoms with Crippen LogP contribution in [0.5, 0.6) is 0 Å². The van der Waals surface area contributed by atoms with Crippen LogP contribution in [0.1, 0.15) is 12.8 Å². The fourth-order valence-electron chi connectivity index (χ4n) is 2.06. The summed E-state index contributed by atoms with van der Waals surface area (Å²) in [4.78, 5) is 51.3. The van der Waals surface area contributed by atoms with E-state index in [1.807, 2.05) is 5.32 Å². The van der Waals surface area contributed by atoms with E-state index < -0.39 is 61.1 Å². The molecule has 12 N–H and O–H groups in total. The number of aliphatic imine (C=N–C) groups is 1. The number of carboxylic acids is 1. The molecule has 172 valence electrons. The first-order valence-electron chi connectivity index (χ1n) is 8.84. The van der Waals surface area contributed by atoms with Crippen LogP contribution >= 0.6 is 12.6 Å². The number of aliphatic carboxylic acids is 1. The van der Waals surface area contributed by atoms with E-state index in [9.17, 15) is 24.3 Å². The molecule has 0 aromatic carbocycles. The second kappa shape index (κ2) is 14.4. The maximum absolute atomic E-state index is 12.6. The van der Waals surface area contributed by atoms with Crippen LogP contribution in [0.2, 0.25) is 0 Å². The molecule has 0 aliphatic carbocycles. The smallest absolute Gasteiger partial charge is 0.328 e. The van der Waals surface area contributed by atoms with Crippen molar-refractivity contribution in [2.24, 2.45) is 22.2 Å². The number of nitrogens with zero attached hydrogens (tertiary/aromatic N) is 1. The molecule has 4 atom stereocenters. The van der Waals surface area contributed by atoms with Gasteiger partial charge in [0.05, 0.1) is 19.3 Å². The van der Waals surface area contributed by atoms with Crippen LogP contribution in [0.15, 0.2) is 4.99 Å². The van der Waals surface area contributed by atoms with Crippen molar-refractivity contribution < 1.29 is 34.5 Å². The number of thiol groups is 1. The van der Waals surface area contributed by atoms with E-state index in [1.165, 1.54) is 0 Å². The van der Waals surface area contributed by atoms with Crippen LogP contribution in [0.3, 0.4) is 0 Å². The van der Waals surface area contributed by atoms with Crippen molar-refractivity contribution in [3.8, 4) is 0 Å². The summed E-state index contributed by atoms with van der Waals surface area (Å²) >= 11 is 3.91. The minimum absolute atomic E-state index is 0.0214. The Hall–Kier alpha value is -2.62. The molecule has 0 fully saturated rings. The largest absolute Gasteiger partial charge is 0.480 e. The third-order valence-corrected chi connectivity index (χ3v) is 4.12. The van der Waals surface area contributed by atoms with E-state index >= 15 is 0 Å². The van der Waals surface area contributed by atoms with E-state index in [1.54, 1.807) is 0 Å². The monoisotopic (exact) mass is 451 g/mol. The Morgan fingerprint density at radius 1 is 0.900 bits per heavy atom. The lowest BCUT2D eigenvalue weighted by molar-refractivity contribution is -0.143. The number of aliphatic hydroxyl groups is 2. The van der Waals surface area contributed by atoms with Crippen LogP contribution < -0.4 is 33.2 Å². The van der Waals surface area contributed by atoms with Crippen molar-refractivity contribution in [1.29, 1.82) is 0 Å². The van der Waals surface area contributed by atoms with Crippen molar-refractivity contribution in [1.82, 2.24) is 16.0 Å². The molecule has 0 bridgehead atoms. The number of nitrogens with two attached hydrogens (primary N) is 3. The lowest BCUT2D eigenvalue weighted by Crippen LogP contribution is -2.58. The number of rotatable bonds is 14. The lowest BCUT2D eigenvalue weighted by atomic mass is 10.1. The van der Waals surface area contributed by atoms with Gasteiger partial charge in [0.2, 0.25) is 17.7 Å². The molecule has 0 aliphatic rings. The Morgan fingerprint density at radius 2 is 1.40 bits per heavy atom. The molecule has 0 unspecified atom stereocenters. The Bertz CT molecular complexity index is 630. The number of amides is 3. The maximum atomic E-state index is 12.6. The fourth-order valence-corrected chi connectivity index (χ4v) is 2.22. The van der Waals surface area contributed by atoms with Gasteiger partial charge in [0.1, 0.15) is 18.1 Å². The van der Waals surface area contributed by atoms with Gasteiger partial charge in [0, 0.05) is 12.3 Å². The third-order valence-electron chi connectivity index (χ3n) is 3.72. The molecule has 0 aromatic rings. The highest BCUT2D eigenvalue weighted by Gasteiger charge is 2.29. The zero-order valence-electron chi connectivity index (χ0n) is 16.2. The van der Waals surface area contributed by atoms with Gasteiger partial charge in [-0.15, -0.1) is 0 Å². The van der Waals surface area contributed by atoms with E-state index in [-0.39, 0.29) is 31.1 Å². The number of guanidine groups is 1. The summed E-state index contributed by atoms with van der Waals surface area (Å²) in [7, 11) is 0. The molecule has 0 aromatic heterocycles. The molecule has 14 nitrogen and oxygen atoms in total. The summed E-state index contributed by atoms with van der Waals surface area (Å²) in [6.07, 6.45) is 0.357. The lowest BCUT2D eigenvalue weighted by Gasteiger charge is -2.23. The summed E-state index contributed by atoms with van der Waals surface area (Å²) in [5, 5.41) is 33.8. The quantitative estimate of drug-likeness (QED) is 0.0519. The molecule has 0 aliphatic heterocycles. The van der Waals surface area contributed by atoms with Gasteiger partial charge >= 0.3 is 5.97 Å². The first-order valence-corrected chi connectivity index (χ1v) is 9.48. The van der Waals surface area contributed by atoms with Gasteiger partial charge in [-0.05, 0) is 12.8 Å². The van der Waals surface area contributed by atoms with Crippen LogP contribution in [0, 0.1) is 0 Å². The summed E-state index contributed by atoms with van der Waals surface area (Å²) < 4.78 is 0. The Kier molecular flexibility index (Phi) is 13.1. The number of carbonyl (C=O) groups is 4. The molecule has 0 rings (SSSR count). The van der Waals surface area contributed by atoms with Crippen LogP contribution in [0.4, 0.5) is 0 Å². The summed E-state index contributed by atoms with van der Waals surface area (Å²) in [6.45, 7) is -1.58. The fraction of sp³-hybridized carbons (Fsp3) is 0.667. The van der Waals surface area contributed by atoms with Crippen molar-refractivity contribution in [3.05, 3.63) is 0 Å². The average molecular weight is 452 g/mol. The topological polar surface area (TPSA) is 255 Å². The number of hydrogen-bond acceptors (Lipinski definition) is 9. The normalized spacial score (nSPS) is 14.5. The standard InChI is InChI=1S/C15H29N7O7S/c16-7(6-30)11(25)20-8(2-1-3-19-15(17)18)12(26)21-9(4-23)13(27)22-10(5-24)14(28)29/h7-10,23-24,30H,1-6,16H2,(H,20,25)(H,21,26)(H,22,27)(H,28,29)(H4,17,18,19)/t7-,8-,9-,10-/m0/s1. The van der Waals surface area contributed by atoms with Crippen molar-refractivity contribution >= 4 is 42.3 Å². The summed E-state index contributed by atoms with van der Waals surface area (Å²) in [6, 6.07) is -5.28. The minimum atomic E-state index is -1.62. The molecule has 3 amide bonds. The summed E-state index contributed by atoms with van der Waals surface area (Å²) in [5.74, 6) is -4.16. The maximum Gasteiger partial charge on any atom is 0.328 e. The predicted octanol–water partition coefficient (Wildman–Crippen LogP) is -5.18. The second-order valence-electron chi connectivity index (χ2n) is 6.12. The van der Waals surface area contributed by atoms with E-state index in [0.29, 0.717) is 0 Å². The van der Waals surface area contributed by atoms with Gasteiger partial charge in [-0.2, -0.15) is 12.6 Å². The van der Waals surface area contributed by atoms with E-state index in [4.69, 9.17) is 27.4 Å². The first-order chi connectivity index (χ1) is 14.1. The molecular formula is C15H29N7O7S. The zero-order valence-corrected chi connectivity index (χ0v) is 17.0. The number of carbonyl (C=O) groups excluding carboxylic acids is 3. The number of aliphatic hydroxyl groups excluding tert-OH is 2. The van der Waals surface area contributed by atoms with Crippen LogP contribution in [-0.4, -0.2) is 94.6 Å². The molecule has 30 heavy (non-hydrogen) atoms. The predicted molar refractivity (Wildman–Crippen MR) is 109 cm³/mol. The molecule has 15 heteroatoms. The van der Waals surface area contributed by atoms with Gasteiger partial charge in [0.15, 0.2) is 5.96 Å². The molecule has 0 radical (unpaired) electrons. The van der Waals surface area contributed by atoms with E-state index in [2.05, 4.69) is 28.3 Å². The third kappa shape index (κ3) is 10.2. The van der Waals surface area contributed by atoms with Crippen molar-refractivity contribution in [2.75, 3.05) is 25.5 Å². The van der Waals surface area contributed by atoms with Gasteiger partial charge in [-0.25, -0.2) is 4.79 Å². The van der Waals surface area contributed by atoms with Gasteiger partial charge in [-0.1, -0.05) is 0 Å². The SMILES string of the molecule is NC(N)=NCCC[C@H](NC(=O)[C@@H](N)CS)C(=O)N[C@@H](CO)C(=O)N[C@@H](CO)C(=O)O. The average Bonchev–Trinajstić information content (AvgIpc) is 2.70. The highest BCUT2D eigenvalue weighted by molar-refractivity contribution is 7.80. The van der Waals surface area contributed by atoms with Crippen LogP contribution in [0.25, 0.3) is 0 Å². The minimum Gasteiger partial charge on any atom is -0.480 e.